The van der Waals surface area contributed by atoms with Crippen LogP contribution < -0.4 is 4.74 Å². The maximum atomic E-state index is 11.7. The minimum Gasteiger partial charge on any atom is -0.477 e. The van der Waals surface area contributed by atoms with Crippen molar-refractivity contribution >= 4 is 21.4 Å². The molecule has 7 heteroatoms. The summed E-state index contributed by atoms with van der Waals surface area (Å²) in [6, 6.07) is 8.19. The highest BCUT2D eigenvalue weighted by Gasteiger charge is 2.13. The lowest BCUT2D eigenvalue weighted by Crippen LogP contribution is -2.08. The van der Waals surface area contributed by atoms with Crippen LogP contribution in [0.4, 0.5) is 0 Å². The van der Waals surface area contributed by atoms with Gasteiger partial charge in [-0.05, 0) is 30.7 Å². The normalized spacial score (nSPS) is 12.9. The van der Waals surface area contributed by atoms with Gasteiger partial charge in [-0.25, -0.2) is 13.4 Å². The maximum Gasteiger partial charge on any atom is 0.221 e. The van der Waals surface area contributed by atoms with Crippen LogP contribution >= 0.6 is 11.6 Å². The first-order valence-electron chi connectivity index (χ1n) is 7.04. The van der Waals surface area contributed by atoms with Gasteiger partial charge in [0, 0.05) is 24.4 Å². The molecule has 0 spiro atoms. The molecule has 1 aromatic carbocycles. The van der Waals surface area contributed by atoms with Crippen molar-refractivity contribution in [2.75, 3.05) is 12.9 Å². The van der Waals surface area contributed by atoms with Gasteiger partial charge in [-0.15, -0.1) is 0 Å². The van der Waals surface area contributed by atoms with Gasteiger partial charge < -0.3 is 9.84 Å². The summed E-state index contributed by atoms with van der Waals surface area (Å²) in [6.07, 6.45) is 2.61. The zero-order valence-electron chi connectivity index (χ0n) is 12.9. The van der Waals surface area contributed by atoms with Crippen molar-refractivity contribution in [1.29, 1.82) is 0 Å². The van der Waals surface area contributed by atoms with Crippen LogP contribution in [0.25, 0.3) is 11.1 Å². The van der Waals surface area contributed by atoms with Gasteiger partial charge in [0.1, 0.15) is 0 Å². The highest BCUT2D eigenvalue weighted by Crippen LogP contribution is 2.32. The fraction of sp³-hybridized carbons (Fsp3) is 0.312. The Balaban J connectivity index is 2.40. The number of nitrogens with zero attached hydrogens (tertiary/aromatic N) is 1. The first-order chi connectivity index (χ1) is 10.8. The summed E-state index contributed by atoms with van der Waals surface area (Å²) in [5.74, 6) is 0.348. The van der Waals surface area contributed by atoms with Gasteiger partial charge in [0.25, 0.3) is 0 Å². The minimum absolute atomic E-state index is 0.213. The predicted octanol–water partition coefficient (Wildman–Crippen LogP) is 2.96. The van der Waals surface area contributed by atoms with Crippen molar-refractivity contribution < 1.29 is 18.3 Å². The Morgan fingerprint density at radius 1 is 1.35 bits per heavy atom. The number of ether oxygens (including phenoxy) is 1. The molecule has 1 aromatic heterocycles. The number of benzene rings is 1. The fourth-order valence-corrected chi connectivity index (χ4v) is 2.79. The van der Waals surface area contributed by atoms with E-state index in [1.807, 2.05) is 0 Å². The lowest BCUT2D eigenvalue weighted by Gasteiger charge is -2.12. The molecule has 5 nitrogen and oxygen atoms in total. The topological polar surface area (TPSA) is 76.5 Å². The lowest BCUT2D eigenvalue weighted by molar-refractivity contribution is 0.154. The molecule has 0 aliphatic heterocycles. The van der Waals surface area contributed by atoms with E-state index in [1.54, 1.807) is 31.2 Å². The van der Waals surface area contributed by atoms with E-state index in [2.05, 4.69) is 4.98 Å². The van der Waals surface area contributed by atoms with Crippen LogP contribution in [0, 0.1) is 0 Å². The molecule has 0 bridgehead atoms. The number of aliphatic hydroxyl groups is 1. The summed E-state index contributed by atoms with van der Waals surface area (Å²) in [6.45, 7) is 1.97. The zero-order valence-corrected chi connectivity index (χ0v) is 14.4. The Kier molecular flexibility index (Phi) is 5.62. The van der Waals surface area contributed by atoms with E-state index in [9.17, 15) is 13.5 Å². The SMILES string of the molecule is C[C@@H](O)CCOc1ncc(Cl)cc1-c1cccc(S(C)(=O)=O)c1. The Hall–Kier alpha value is -1.63. The number of aliphatic hydroxyl groups excluding tert-OH is 1. The number of pyridine rings is 1. The van der Waals surface area contributed by atoms with Crippen molar-refractivity contribution in [2.45, 2.75) is 24.3 Å². The number of aromatic nitrogens is 1. The molecule has 1 N–H and O–H groups in total. The molecule has 124 valence electrons. The third kappa shape index (κ3) is 4.92. The van der Waals surface area contributed by atoms with Gasteiger partial charge >= 0.3 is 0 Å². The molecular formula is C16H18ClNO4S. The zero-order chi connectivity index (χ0) is 17.0. The van der Waals surface area contributed by atoms with E-state index in [1.165, 1.54) is 12.3 Å². The summed E-state index contributed by atoms with van der Waals surface area (Å²) < 4.78 is 29.0. The van der Waals surface area contributed by atoms with Crippen molar-refractivity contribution in [1.82, 2.24) is 4.98 Å². The quantitative estimate of drug-likeness (QED) is 0.862. The van der Waals surface area contributed by atoms with Crippen LogP contribution in [0.3, 0.4) is 0 Å². The molecule has 0 radical (unpaired) electrons. The largest absolute Gasteiger partial charge is 0.477 e. The number of sulfone groups is 1. The first-order valence-corrected chi connectivity index (χ1v) is 9.31. The minimum atomic E-state index is -3.31. The maximum absolute atomic E-state index is 11.7. The summed E-state index contributed by atoms with van der Waals surface area (Å²) >= 11 is 6.00. The van der Waals surface area contributed by atoms with E-state index in [4.69, 9.17) is 16.3 Å². The van der Waals surface area contributed by atoms with Crippen LogP contribution in [-0.2, 0) is 9.84 Å². The van der Waals surface area contributed by atoms with Crippen molar-refractivity contribution in [3.63, 3.8) is 0 Å². The summed E-state index contributed by atoms with van der Waals surface area (Å²) in [4.78, 5) is 4.37. The third-order valence-corrected chi connectivity index (χ3v) is 4.48. The van der Waals surface area contributed by atoms with Crippen molar-refractivity contribution in [2.24, 2.45) is 0 Å². The standard InChI is InChI=1S/C16H18ClNO4S/c1-11(19)6-7-22-16-15(9-13(17)10-18-16)12-4-3-5-14(8-12)23(2,20)21/h3-5,8-11,19H,6-7H2,1-2H3/t11-/m1/s1. The summed E-state index contributed by atoms with van der Waals surface area (Å²) in [5.41, 5.74) is 1.25. The highest BCUT2D eigenvalue weighted by atomic mass is 35.5. The molecule has 0 saturated carbocycles. The van der Waals surface area contributed by atoms with Crippen LogP contribution in [-0.4, -0.2) is 37.5 Å². The monoisotopic (exact) mass is 355 g/mol. The molecule has 0 saturated heterocycles. The second-order valence-electron chi connectivity index (χ2n) is 5.29. The van der Waals surface area contributed by atoms with Gasteiger partial charge in [0.2, 0.25) is 5.88 Å². The van der Waals surface area contributed by atoms with Gasteiger partial charge in [-0.2, -0.15) is 0 Å². The summed E-state index contributed by atoms with van der Waals surface area (Å²) in [7, 11) is -3.31. The Morgan fingerprint density at radius 3 is 2.74 bits per heavy atom. The second-order valence-corrected chi connectivity index (χ2v) is 7.74. The highest BCUT2D eigenvalue weighted by molar-refractivity contribution is 7.90. The molecule has 1 atom stereocenters. The smallest absolute Gasteiger partial charge is 0.221 e. The molecule has 2 rings (SSSR count). The molecule has 1 heterocycles. The number of hydrogen-bond donors (Lipinski definition) is 1. The predicted molar refractivity (Wildman–Crippen MR) is 89.6 cm³/mol. The Labute approximate surface area is 140 Å². The molecule has 0 unspecified atom stereocenters. The van der Waals surface area contributed by atoms with Crippen molar-refractivity contribution in [3.05, 3.63) is 41.6 Å². The Morgan fingerprint density at radius 2 is 2.09 bits per heavy atom. The lowest BCUT2D eigenvalue weighted by atomic mass is 10.1. The summed E-state index contributed by atoms with van der Waals surface area (Å²) in [5, 5.41) is 9.72. The van der Waals surface area contributed by atoms with Crippen molar-refractivity contribution in [3.8, 4) is 17.0 Å². The molecular weight excluding hydrogens is 338 g/mol. The molecule has 0 aliphatic carbocycles. The number of halogens is 1. The van der Waals surface area contributed by atoms with Gasteiger partial charge in [0.05, 0.1) is 22.6 Å². The average molecular weight is 356 g/mol. The number of rotatable bonds is 6. The number of hydrogen-bond acceptors (Lipinski definition) is 5. The van der Waals surface area contributed by atoms with E-state index >= 15 is 0 Å². The van der Waals surface area contributed by atoms with Gasteiger partial charge in [-0.1, -0.05) is 23.7 Å². The van der Waals surface area contributed by atoms with E-state index in [-0.39, 0.29) is 4.90 Å². The van der Waals surface area contributed by atoms with Crippen LogP contribution in [0.15, 0.2) is 41.4 Å². The fourth-order valence-electron chi connectivity index (χ4n) is 1.97. The van der Waals surface area contributed by atoms with Crippen LogP contribution in [0.2, 0.25) is 5.02 Å². The first kappa shape index (κ1) is 17.7. The van der Waals surface area contributed by atoms with Crippen LogP contribution in [0.1, 0.15) is 13.3 Å². The molecule has 2 aromatic rings. The second kappa shape index (κ2) is 7.29. The van der Waals surface area contributed by atoms with Crippen LogP contribution in [0.5, 0.6) is 5.88 Å². The molecule has 0 amide bonds. The molecule has 23 heavy (non-hydrogen) atoms. The molecule has 0 aliphatic rings. The third-order valence-electron chi connectivity index (χ3n) is 3.17. The van der Waals surface area contributed by atoms with Gasteiger partial charge in [-0.3, -0.25) is 0 Å². The van der Waals surface area contributed by atoms with Gasteiger partial charge in [0.15, 0.2) is 9.84 Å². The van der Waals surface area contributed by atoms with E-state index in [0.717, 1.165) is 6.26 Å². The molecule has 0 fully saturated rings. The van der Waals surface area contributed by atoms with E-state index in [0.29, 0.717) is 35.1 Å². The van der Waals surface area contributed by atoms with E-state index < -0.39 is 15.9 Å². The Bertz CT molecular complexity index is 790. The average Bonchev–Trinajstić information content (AvgIpc) is 2.47.